The van der Waals surface area contributed by atoms with Gasteiger partial charge >= 0.3 is 0 Å². The molecule has 2 N–H and O–H groups in total. The highest BCUT2D eigenvalue weighted by Crippen LogP contribution is 2.22. The molecule has 0 spiro atoms. The Kier molecular flexibility index (Phi) is 3.89. The Morgan fingerprint density at radius 3 is 2.83 bits per heavy atom. The number of methoxy groups -OCH3 is 1. The number of rotatable bonds is 5. The fourth-order valence-electron chi connectivity index (χ4n) is 1.78. The summed E-state index contributed by atoms with van der Waals surface area (Å²) in [5, 5.41) is 13.0. The van der Waals surface area contributed by atoms with Crippen molar-refractivity contribution >= 4 is 5.69 Å². The normalized spacial score (nSPS) is 12.2. The van der Waals surface area contributed by atoms with Crippen LogP contribution in [0.15, 0.2) is 41.0 Å². The summed E-state index contributed by atoms with van der Waals surface area (Å²) in [5.74, 6) is 1.42. The second-order valence-electron chi connectivity index (χ2n) is 4.10. The Labute approximate surface area is 106 Å². The third-order valence-corrected chi connectivity index (χ3v) is 2.77. The summed E-state index contributed by atoms with van der Waals surface area (Å²) in [6.45, 7) is 2.38. The summed E-state index contributed by atoms with van der Waals surface area (Å²) >= 11 is 0. The number of benzene rings is 1. The van der Waals surface area contributed by atoms with Crippen molar-refractivity contribution in [1.82, 2.24) is 0 Å². The zero-order valence-electron chi connectivity index (χ0n) is 10.5. The van der Waals surface area contributed by atoms with E-state index in [2.05, 4.69) is 5.32 Å². The number of nitrogens with one attached hydrogen (secondary N) is 1. The van der Waals surface area contributed by atoms with Gasteiger partial charge in [-0.2, -0.15) is 0 Å². The molecule has 0 fully saturated rings. The van der Waals surface area contributed by atoms with Gasteiger partial charge in [-0.1, -0.05) is 0 Å². The molecule has 1 unspecified atom stereocenters. The smallest absolute Gasteiger partial charge is 0.134 e. The Morgan fingerprint density at radius 2 is 2.22 bits per heavy atom. The molecule has 0 aliphatic carbocycles. The van der Waals surface area contributed by atoms with Crippen LogP contribution in [-0.2, 0) is 0 Å². The number of hydrogen-bond donors (Lipinski definition) is 2. The molecule has 0 aliphatic rings. The van der Waals surface area contributed by atoms with Crippen LogP contribution in [0.1, 0.15) is 17.4 Å². The van der Waals surface area contributed by atoms with Crippen LogP contribution < -0.4 is 10.1 Å². The minimum absolute atomic E-state index is 0.402. The Morgan fingerprint density at radius 1 is 1.39 bits per heavy atom. The second kappa shape index (κ2) is 5.60. The first-order valence-electron chi connectivity index (χ1n) is 5.80. The molecule has 18 heavy (non-hydrogen) atoms. The number of aliphatic hydroxyl groups is 1. The highest BCUT2D eigenvalue weighted by molar-refractivity contribution is 5.50. The van der Waals surface area contributed by atoms with E-state index in [0.717, 1.165) is 17.0 Å². The third kappa shape index (κ3) is 2.84. The molecule has 1 heterocycles. The quantitative estimate of drug-likeness (QED) is 0.853. The zero-order chi connectivity index (χ0) is 13.0. The molecule has 0 saturated carbocycles. The molecule has 2 aromatic rings. The second-order valence-corrected chi connectivity index (χ2v) is 4.10. The highest BCUT2D eigenvalue weighted by Gasteiger charge is 2.10. The summed E-state index contributed by atoms with van der Waals surface area (Å²) < 4.78 is 10.3. The predicted octanol–water partition coefficient (Wildman–Crippen LogP) is 2.74. The average molecular weight is 247 g/mol. The predicted molar refractivity (Wildman–Crippen MR) is 69.9 cm³/mol. The number of furan rings is 1. The summed E-state index contributed by atoms with van der Waals surface area (Å²) in [7, 11) is 1.65. The number of ether oxygens (including phenoxy) is 1. The van der Waals surface area contributed by atoms with Gasteiger partial charge in [0.2, 0.25) is 0 Å². The standard InChI is InChI=1S/C14H17NO3/c1-10-8-11(5-6-13(10)17-2)15-9-12(16)14-4-3-7-18-14/h3-8,12,15-16H,9H2,1-2H3. The first kappa shape index (κ1) is 12.5. The molecule has 0 bridgehead atoms. The zero-order valence-corrected chi connectivity index (χ0v) is 10.5. The molecule has 0 radical (unpaired) electrons. The van der Waals surface area contributed by atoms with Crippen LogP contribution in [-0.4, -0.2) is 18.8 Å². The van der Waals surface area contributed by atoms with Crippen LogP contribution in [0.5, 0.6) is 5.75 Å². The average Bonchev–Trinajstić information content (AvgIpc) is 2.90. The molecule has 4 nitrogen and oxygen atoms in total. The van der Waals surface area contributed by atoms with Crippen molar-refractivity contribution < 1.29 is 14.3 Å². The van der Waals surface area contributed by atoms with Crippen LogP contribution in [0.25, 0.3) is 0 Å². The minimum atomic E-state index is -0.651. The molecule has 4 heteroatoms. The van der Waals surface area contributed by atoms with Gasteiger partial charge in [-0.3, -0.25) is 0 Å². The van der Waals surface area contributed by atoms with Gasteiger partial charge in [-0.15, -0.1) is 0 Å². The Bertz CT molecular complexity index is 494. The topological polar surface area (TPSA) is 54.6 Å². The summed E-state index contributed by atoms with van der Waals surface area (Å²) in [5.41, 5.74) is 1.99. The molecular formula is C14H17NO3. The van der Waals surface area contributed by atoms with Gasteiger partial charge < -0.3 is 19.6 Å². The molecular weight excluding hydrogens is 230 g/mol. The van der Waals surface area contributed by atoms with E-state index < -0.39 is 6.10 Å². The van der Waals surface area contributed by atoms with Gasteiger partial charge in [0.05, 0.1) is 13.4 Å². The van der Waals surface area contributed by atoms with Crippen LogP contribution in [0, 0.1) is 6.92 Å². The highest BCUT2D eigenvalue weighted by atomic mass is 16.5. The molecule has 1 atom stereocenters. The monoisotopic (exact) mass is 247 g/mol. The van der Waals surface area contributed by atoms with Crippen molar-refractivity contribution in [1.29, 1.82) is 0 Å². The third-order valence-electron chi connectivity index (χ3n) is 2.77. The molecule has 0 saturated heterocycles. The molecule has 2 rings (SSSR count). The van der Waals surface area contributed by atoms with Crippen LogP contribution >= 0.6 is 0 Å². The Hall–Kier alpha value is -1.94. The van der Waals surface area contributed by atoms with Crippen LogP contribution in [0.2, 0.25) is 0 Å². The summed E-state index contributed by atoms with van der Waals surface area (Å²) in [6.07, 6.45) is 0.901. The SMILES string of the molecule is COc1ccc(NCC(O)c2ccco2)cc1C. The summed E-state index contributed by atoms with van der Waals surface area (Å²) in [4.78, 5) is 0. The lowest BCUT2D eigenvalue weighted by atomic mass is 10.2. The van der Waals surface area contributed by atoms with E-state index in [1.807, 2.05) is 25.1 Å². The molecule has 1 aromatic carbocycles. The fraction of sp³-hybridized carbons (Fsp3) is 0.286. The van der Waals surface area contributed by atoms with Crippen LogP contribution in [0.4, 0.5) is 5.69 Å². The first-order chi connectivity index (χ1) is 8.70. The lowest BCUT2D eigenvalue weighted by Gasteiger charge is -2.12. The maximum absolute atomic E-state index is 9.86. The number of hydrogen-bond acceptors (Lipinski definition) is 4. The first-order valence-corrected chi connectivity index (χ1v) is 5.80. The van der Waals surface area contributed by atoms with Crippen LogP contribution in [0.3, 0.4) is 0 Å². The van der Waals surface area contributed by atoms with Crippen molar-refractivity contribution in [3.63, 3.8) is 0 Å². The van der Waals surface area contributed by atoms with Gasteiger partial charge in [-0.05, 0) is 42.8 Å². The summed E-state index contributed by atoms with van der Waals surface area (Å²) in [6, 6.07) is 9.31. The van der Waals surface area contributed by atoms with Crippen molar-refractivity contribution in [3.05, 3.63) is 47.9 Å². The minimum Gasteiger partial charge on any atom is -0.496 e. The largest absolute Gasteiger partial charge is 0.496 e. The van der Waals surface area contributed by atoms with E-state index in [9.17, 15) is 5.11 Å². The van der Waals surface area contributed by atoms with Crippen molar-refractivity contribution in [2.75, 3.05) is 19.0 Å². The van der Waals surface area contributed by atoms with Gasteiger partial charge in [0.1, 0.15) is 17.6 Å². The molecule has 1 aromatic heterocycles. The number of anilines is 1. The van der Waals surface area contributed by atoms with E-state index in [-0.39, 0.29) is 0 Å². The maximum Gasteiger partial charge on any atom is 0.134 e. The maximum atomic E-state index is 9.86. The van der Waals surface area contributed by atoms with Crippen molar-refractivity contribution in [2.24, 2.45) is 0 Å². The van der Waals surface area contributed by atoms with E-state index in [1.165, 1.54) is 0 Å². The van der Waals surface area contributed by atoms with E-state index in [4.69, 9.17) is 9.15 Å². The van der Waals surface area contributed by atoms with E-state index in [0.29, 0.717) is 12.3 Å². The lowest BCUT2D eigenvalue weighted by Crippen LogP contribution is -2.11. The van der Waals surface area contributed by atoms with Gasteiger partial charge in [0.25, 0.3) is 0 Å². The lowest BCUT2D eigenvalue weighted by molar-refractivity contribution is 0.162. The number of aryl methyl sites for hydroxylation is 1. The molecule has 0 amide bonds. The van der Waals surface area contributed by atoms with Crippen molar-refractivity contribution in [2.45, 2.75) is 13.0 Å². The van der Waals surface area contributed by atoms with E-state index in [1.54, 1.807) is 25.5 Å². The van der Waals surface area contributed by atoms with Crippen molar-refractivity contribution in [3.8, 4) is 5.75 Å². The van der Waals surface area contributed by atoms with E-state index >= 15 is 0 Å². The molecule has 0 aliphatic heterocycles. The fourth-order valence-corrected chi connectivity index (χ4v) is 1.78. The van der Waals surface area contributed by atoms with Gasteiger partial charge in [-0.25, -0.2) is 0 Å². The van der Waals surface area contributed by atoms with Gasteiger partial charge in [0, 0.05) is 12.2 Å². The number of aliphatic hydroxyl groups excluding tert-OH is 1. The Balaban J connectivity index is 1.96. The van der Waals surface area contributed by atoms with Gasteiger partial charge in [0.15, 0.2) is 0 Å². The molecule has 96 valence electrons.